The number of aryl methyl sites for hydroxylation is 3. The van der Waals surface area contributed by atoms with E-state index in [0.29, 0.717) is 0 Å². The number of rotatable bonds is 5. The SMILES string of the molecule is Cc1ccc2c(n1)sc1c(-c3nc4ccccc4n3-c3c(C)cc(-c4ccc(F)cc4)cc3C)[c-]ccc12.[CH3][Ge]([CH3])([CH3])[c]1ccc(-c2[c-]cccc2)nc1.[Ir]. The van der Waals surface area contributed by atoms with Crippen LogP contribution < -0.4 is 4.40 Å². The van der Waals surface area contributed by atoms with Crippen LogP contribution in [0.2, 0.25) is 17.3 Å². The molecule has 5 aromatic carbocycles. The molecule has 4 nitrogen and oxygen atoms in total. The molecule has 0 saturated carbocycles. The van der Waals surface area contributed by atoms with E-state index in [2.05, 4.69) is 113 Å². The van der Waals surface area contributed by atoms with Crippen LogP contribution in [0.3, 0.4) is 0 Å². The molecule has 0 aliphatic rings. The molecule has 0 fully saturated rings. The van der Waals surface area contributed by atoms with Gasteiger partial charge in [0, 0.05) is 31.5 Å². The summed E-state index contributed by atoms with van der Waals surface area (Å²) < 4.78 is 18.4. The van der Waals surface area contributed by atoms with Crippen LogP contribution in [0.15, 0.2) is 128 Å². The maximum Gasteiger partial charge on any atom is 0 e. The minimum atomic E-state index is -1.72. The molecule has 8 heteroatoms. The number of aromatic nitrogens is 4. The molecule has 9 rings (SSSR count). The third-order valence-electron chi connectivity index (χ3n) is 9.73. The third-order valence-corrected chi connectivity index (χ3v) is 15.1. The van der Waals surface area contributed by atoms with E-state index in [1.807, 2.05) is 61.7 Å². The van der Waals surface area contributed by atoms with E-state index < -0.39 is 13.3 Å². The zero-order chi connectivity index (χ0) is 37.6. The Bertz CT molecular complexity index is 2760. The van der Waals surface area contributed by atoms with Gasteiger partial charge in [-0.15, -0.1) is 18.2 Å². The molecular weight excluding hydrogens is 936 g/mol. The average Bonchev–Trinajstić information content (AvgIpc) is 3.73. The Morgan fingerprint density at radius 1 is 0.709 bits per heavy atom. The Hall–Kier alpha value is -4.79. The van der Waals surface area contributed by atoms with Crippen molar-refractivity contribution in [3.63, 3.8) is 0 Å². The van der Waals surface area contributed by atoms with Crippen molar-refractivity contribution in [1.82, 2.24) is 19.5 Å². The molecule has 0 amide bonds. The number of halogens is 1. The van der Waals surface area contributed by atoms with Gasteiger partial charge in [0.05, 0.1) is 16.9 Å². The molecule has 55 heavy (non-hydrogen) atoms. The summed E-state index contributed by atoms with van der Waals surface area (Å²) in [5.41, 5.74) is 11.4. The molecular formula is C47H39FGeIrN4S-2. The van der Waals surface area contributed by atoms with Crippen LogP contribution in [0.25, 0.3) is 70.8 Å². The summed E-state index contributed by atoms with van der Waals surface area (Å²) >= 11 is -0.0219. The van der Waals surface area contributed by atoms with E-state index in [1.165, 1.54) is 21.9 Å². The zero-order valence-electron chi connectivity index (χ0n) is 31.5. The van der Waals surface area contributed by atoms with Crippen molar-refractivity contribution in [2.24, 2.45) is 0 Å². The molecule has 0 aliphatic carbocycles. The van der Waals surface area contributed by atoms with Crippen molar-refractivity contribution in [2.75, 3.05) is 0 Å². The summed E-state index contributed by atoms with van der Waals surface area (Å²) in [5.74, 6) is 7.77. The number of thiophene rings is 1. The monoisotopic (exact) mass is 977 g/mol. The van der Waals surface area contributed by atoms with Gasteiger partial charge in [-0.1, -0.05) is 41.3 Å². The molecule has 0 aliphatic heterocycles. The van der Waals surface area contributed by atoms with Gasteiger partial charge in [-0.25, -0.2) is 9.37 Å². The van der Waals surface area contributed by atoms with E-state index in [0.717, 1.165) is 82.2 Å². The number of nitrogens with zero attached hydrogens (tertiary/aromatic N) is 4. The van der Waals surface area contributed by atoms with Crippen LogP contribution in [0.5, 0.6) is 0 Å². The first kappa shape index (κ1) is 38.5. The van der Waals surface area contributed by atoms with Gasteiger partial charge in [0.1, 0.15) is 10.6 Å². The standard InChI is InChI=1S/C33H23FN3S.C14H16GeN.Ir/c1-19-17-23(22-12-14-24(34)15-13-22)18-20(2)30(19)37-29-10-5-4-9-28(29)36-32(37)27-8-6-7-25-26-16-11-21(3)35-33(26)38-31(25)27;1-15(2,3)13-9-10-14(16-11-13)12-7-5-4-6-8-12;/h4-7,9-18H,1-3H3;4-7,9-11H,1-3H3;/q2*-1;. The number of imidazole rings is 1. The Labute approximate surface area is 341 Å². The summed E-state index contributed by atoms with van der Waals surface area (Å²) in [5, 5.41) is 2.33. The van der Waals surface area contributed by atoms with Gasteiger partial charge in [-0.05, 0) is 95.6 Å². The van der Waals surface area contributed by atoms with Crippen molar-refractivity contribution in [3.05, 3.63) is 162 Å². The fourth-order valence-electron chi connectivity index (χ4n) is 6.97. The fraction of sp³-hybridized carbons (Fsp3) is 0.128. The smallest absolute Gasteiger partial charge is 0 e. The second kappa shape index (κ2) is 15.8. The number of hydrogen-bond donors (Lipinski definition) is 0. The van der Waals surface area contributed by atoms with Gasteiger partial charge in [-0.3, -0.25) is 4.98 Å². The average molecular weight is 976 g/mol. The van der Waals surface area contributed by atoms with Gasteiger partial charge in [0.2, 0.25) is 0 Å². The van der Waals surface area contributed by atoms with E-state index >= 15 is 0 Å². The third kappa shape index (κ3) is 7.72. The van der Waals surface area contributed by atoms with E-state index in [4.69, 9.17) is 9.97 Å². The number of para-hydroxylation sites is 2. The van der Waals surface area contributed by atoms with Gasteiger partial charge in [0.25, 0.3) is 0 Å². The first-order chi connectivity index (χ1) is 26.0. The van der Waals surface area contributed by atoms with Gasteiger partial charge >= 0.3 is 99.8 Å². The van der Waals surface area contributed by atoms with E-state index in [1.54, 1.807) is 11.3 Å². The summed E-state index contributed by atoms with van der Waals surface area (Å²) in [7, 11) is 0. The van der Waals surface area contributed by atoms with Crippen LogP contribution in [0.4, 0.5) is 4.39 Å². The van der Waals surface area contributed by atoms with Crippen LogP contribution in [-0.4, -0.2) is 32.8 Å². The molecule has 0 unspecified atom stereocenters. The molecule has 4 heterocycles. The normalized spacial score (nSPS) is 11.4. The molecule has 275 valence electrons. The molecule has 0 spiro atoms. The van der Waals surface area contributed by atoms with Crippen LogP contribution in [-0.2, 0) is 20.1 Å². The molecule has 4 aromatic heterocycles. The zero-order valence-corrected chi connectivity index (χ0v) is 36.8. The Morgan fingerprint density at radius 3 is 2.15 bits per heavy atom. The predicted molar refractivity (Wildman–Crippen MR) is 227 cm³/mol. The summed E-state index contributed by atoms with van der Waals surface area (Å²) in [6, 6.07) is 46.6. The topological polar surface area (TPSA) is 43.6 Å². The molecule has 1 radical (unpaired) electrons. The Morgan fingerprint density at radius 2 is 1.45 bits per heavy atom. The maximum absolute atomic E-state index is 13.5. The van der Waals surface area contributed by atoms with Crippen molar-refractivity contribution >= 4 is 60.3 Å². The predicted octanol–water partition coefficient (Wildman–Crippen LogP) is 12.1. The number of fused-ring (bicyclic) bond motifs is 4. The van der Waals surface area contributed by atoms with Crippen molar-refractivity contribution in [2.45, 2.75) is 38.0 Å². The first-order valence-corrected chi connectivity index (χ1v) is 26.2. The van der Waals surface area contributed by atoms with Crippen LogP contribution in [0.1, 0.15) is 16.8 Å². The van der Waals surface area contributed by atoms with Crippen LogP contribution in [0, 0.1) is 38.7 Å². The second-order valence-electron chi connectivity index (χ2n) is 14.7. The van der Waals surface area contributed by atoms with Gasteiger partial charge < -0.3 is 4.57 Å². The summed E-state index contributed by atoms with van der Waals surface area (Å²) in [4.78, 5) is 15.5. The molecule has 0 bridgehead atoms. The minimum Gasteiger partial charge on any atom is 0 e. The molecule has 0 atom stereocenters. The largest absolute Gasteiger partial charge is 0 e. The van der Waals surface area contributed by atoms with E-state index in [9.17, 15) is 4.39 Å². The molecule has 9 aromatic rings. The minimum absolute atomic E-state index is 0. The number of benzene rings is 5. The van der Waals surface area contributed by atoms with E-state index in [-0.39, 0.29) is 25.9 Å². The van der Waals surface area contributed by atoms with Crippen molar-refractivity contribution in [3.8, 4) is 39.5 Å². The molecule has 0 N–H and O–H groups in total. The van der Waals surface area contributed by atoms with Gasteiger partial charge in [0.15, 0.2) is 0 Å². The maximum atomic E-state index is 13.5. The first-order valence-electron chi connectivity index (χ1n) is 18.0. The number of pyridine rings is 2. The summed E-state index contributed by atoms with van der Waals surface area (Å²) in [6.07, 6.45) is 2.04. The van der Waals surface area contributed by atoms with Crippen molar-refractivity contribution in [1.29, 1.82) is 0 Å². The van der Waals surface area contributed by atoms with Crippen LogP contribution >= 0.6 is 11.3 Å². The Balaban J connectivity index is 0.000000231. The summed E-state index contributed by atoms with van der Waals surface area (Å²) in [6.45, 7) is 6.28. The Kier molecular flexibility index (Phi) is 11.0. The number of hydrogen-bond acceptors (Lipinski definition) is 4. The van der Waals surface area contributed by atoms with Crippen molar-refractivity contribution < 1.29 is 24.5 Å². The quantitative estimate of drug-likeness (QED) is 0.127. The second-order valence-corrected chi connectivity index (χ2v) is 26.3. The fourth-order valence-corrected chi connectivity index (χ4v) is 10.4. The van der Waals surface area contributed by atoms with Gasteiger partial charge in [-0.2, -0.15) is 11.3 Å². The molecule has 0 saturated heterocycles.